The molecule has 0 atom stereocenters. The Morgan fingerprint density at radius 3 is 2.42 bits per heavy atom. The van der Waals surface area contributed by atoms with E-state index in [0.29, 0.717) is 6.61 Å². The van der Waals surface area contributed by atoms with Crippen molar-refractivity contribution in [2.45, 2.75) is 6.61 Å². The predicted molar refractivity (Wildman–Crippen MR) is 72.2 cm³/mol. The van der Waals surface area contributed by atoms with E-state index >= 15 is 0 Å². The van der Waals surface area contributed by atoms with E-state index in [9.17, 15) is 4.79 Å². The second-order valence-electron chi connectivity index (χ2n) is 3.92. The molecule has 0 heterocycles. The van der Waals surface area contributed by atoms with Crippen LogP contribution in [0.3, 0.4) is 0 Å². The van der Waals surface area contributed by atoms with Gasteiger partial charge in [0.2, 0.25) is 0 Å². The molecule has 0 fully saturated rings. The minimum Gasteiger partial charge on any atom is -0.478 e. The molecular formula is C15H13NO3. The summed E-state index contributed by atoms with van der Waals surface area (Å²) in [4.78, 5) is 15.8. The van der Waals surface area contributed by atoms with Crippen LogP contribution < -0.4 is 0 Å². The van der Waals surface area contributed by atoms with E-state index in [2.05, 4.69) is 5.16 Å². The van der Waals surface area contributed by atoms with E-state index in [0.717, 1.165) is 11.1 Å². The van der Waals surface area contributed by atoms with Crippen molar-refractivity contribution in [2.75, 3.05) is 0 Å². The summed E-state index contributed by atoms with van der Waals surface area (Å²) in [5.74, 6) is -0.936. The summed E-state index contributed by atoms with van der Waals surface area (Å²) < 4.78 is 0. The molecule has 96 valence electrons. The van der Waals surface area contributed by atoms with Crippen molar-refractivity contribution in [1.82, 2.24) is 0 Å². The number of hydrogen-bond donors (Lipinski definition) is 1. The first-order valence-electron chi connectivity index (χ1n) is 5.78. The first kappa shape index (κ1) is 12.8. The van der Waals surface area contributed by atoms with Crippen molar-refractivity contribution in [3.63, 3.8) is 0 Å². The SMILES string of the molecule is O=C(O)c1ccc(CO/N=C/c2ccccc2)cc1. The summed E-state index contributed by atoms with van der Waals surface area (Å²) in [5, 5.41) is 12.6. The molecule has 4 heteroatoms. The minimum absolute atomic E-state index is 0.261. The van der Waals surface area contributed by atoms with Gasteiger partial charge in [0.25, 0.3) is 0 Å². The Kier molecular flexibility index (Phi) is 4.29. The van der Waals surface area contributed by atoms with E-state index < -0.39 is 5.97 Å². The van der Waals surface area contributed by atoms with Crippen molar-refractivity contribution in [2.24, 2.45) is 5.16 Å². The number of carbonyl (C=O) groups is 1. The number of oxime groups is 1. The maximum atomic E-state index is 10.7. The Labute approximate surface area is 111 Å². The van der Waals surface area contributed by atoms with Crippen LogP contribution in [0, 0.1) is 0 Å². The van der Waals surface area contributed by atoms with Gasteiger partial charge >= 0.3 is 5.97 Å². The minimum atomic E-state index is -0.936. The highest BCUT2D eigenvalue weighted by atomic mass is 16.6. The molecular weight excluding hydrogens is 242 g/mol. The van der Waals surface area contributed by atoms with Crippen LogP contribution in [0.1, 0.15) is 21.5 Å². The van der Waals surface area contributed by atoms with Gasteiger partial charge in [0.15, 0.2) is 0 Å². The lowest BCUT2D eigenvalue weighted by Gasteiger charge is -2.00. The Morgan fingerprint density at radius 2 is 1.79 bits per heavy atom. The van der Waals surface area contributed by atoms with Gasteiger partial charge in [-0.1, -0.05) is 47.6 Å². The van der Waals surface area contributed by atoms with Crippen molar-refractivity contribution in [3.8, 4) is 0 Å². The Hall–Kier alpha value is -2.62. The predicted octanol–water partition coefficient (Wildman–Crippen LogP) is 2.94. The summed E-state index contributed by atoms with van der Waals surface area (Å²) in [7, 11) is 0. The molecule has 19 heavy (non-hydrogen) atoms. The third kappa shape index (κ3) is 3.96. The monoisotopic (exact) mass is 255 g/mol. The van der Waals surface area contributed by atoms with Crippen molar-refractivity contribution < 1.29 is 14.7 Å². The van der Waals surface area contributed by atoms with Gasteiger partial charge in [0.05, 0.1) is 11.8 Å². The lowest BCUT2D eigenvalue weighted by Crippen LogP contribution is -1.96. The summed E-state index contributed by atoms with van der Waals surface area (Å²) in [6.07, 6.45) is 1.63. The van der Waals surface area contributed by atoms with Gasteiger partial charge in [-0.25, -0.2) is 4.79 Å². The summed E-state index contributed by atoms with van der Waals surface area (Å²) in [6, 6.07) is 16.1. The molecule has 0 unspecified atom stereocenters. The van der Waals surface area contributed by atoms with E-state index in [1.54, 1.807) is 30.5 Å². The fraction of sp³-hybridized carbons (Fsp3) is 0.0667. The fourth-order valence-corrected chi connectivity index (χ4v) is 1.49. The van der Waals surface area contributed by atoms with Gasteiger partial charge in [-0.15, -0.1) is 0 Å². The average molecular weight is 255 g/mol. The number of benzene rings is 2. The first-order valence-corrected chi connectivity index (χ1v) is 5.78. The van der Waals surface area contributed by atoms with Crippen LogP contribution >= 0.6 is 0 Å². The number of carboxylic acids is 1. The molecule has 0 amide bonds. The molecule has 0 aliphatic rings. The molecule has 0 saturated heterocycles. The van der Waals surface area contributed by atoms with Gasteiger partial charge in [-0.3, -0.25) is 0 Å². The number of hydrogen-bond acceptors (Lipinski definition) is 3. The standard InChI is InChI=1S/C15H13NO3/c17-15(18)14-8-6-13(7-9-14)11-19-16-10-12-4-2-1-3-5-12/h1-10H,11H2,(H,17,18)/b16-10+. The molecule has 0 radical (unpaired) electrons. The molecule has 0 saturated carbocycles. The van der Waals surface area contributed by atoms with Crippen LogP contribution in [0.15, 0.2) is 59.8 Å². The number of rotatable bonds is 5. The smallest absolute Gasteiger partial charge is 0.335 e. The van der Waals surface area contributed by atoms with Gasteiger partial charge in [-0.2, -0.15) is 0 Å². The molecule has 0 aromatic heterocycles. The Balaban J connectivity index is 1.86. The second kappa shape index (κ2) is 6.35. The zero-order valence-electron chi connectivity index (χ0n) is 10.2. The summed E-state index contributed by atoms with van der Waals surface area (Å²) in [6.45, 7) is 0.309. The van der Waals surface area contributed by atoms with Crippen LogP contribution in [0.2, 0.25) is 0 Å². The topological polar surface area (TPSA) is 58.9 Å². The summed E-state index contributed by atoms with van der Waals surface area (Å²) >= 11 is 0. The third-order valence-corrected chi connectivity index (χ3v) is 2.51. The molecule has 1 N–H and O–H groups in total. The third-order valence-electron chi connectivity index (χ3n) is 2.51. The van der Waals surface area contributed by atoms with Crippen LogP contribution in [-0.4, -0.2) is 17.3 Å². The highest BCUT2D eigenvalue weighted by molar-refractivity contribution is 5.87. The number of aromatic carboxylic acids is 1. The van der Waals surface area contributed by atoms with E-state index in [-0.39, 0.29) is 5.56 Å². The quantitative estimate of drug-likeness (QED) is 0.660. The largest absolute Gasteiger partial charge is 0.478 e. The number of carboxylic acid groups (broad SMARTS) is 1. The Bertz CT molecular complexity index is 562. The van der Waals surface area contributed by atoms with Gasteiger partial charge < -0.3 is 9.94 Å². The zero-order chi connectivity index (χ0) is 13.5. The maximum Gasteiger partial charge on any atom is 0.335 e. The normalized spacial score (nSPS) is 10.5. The van der Waals surface area contributed by atoms with Crippen LogP contribution in [-0.2, 0) is 11.4 Å². The molecule has 2 aromatic carbocycles. The van der Waals surface area contributed by atoms with Gasteiger partial charge in [0.1, 0.15) is 6.61 Å². The van der Waals surface area contributed by atoms with Crippen molar-refractivity contribution >= 4 is 12.2 Å². The lowest BCUT2D eigenvalue weighted by molar-refractivity contribution is 0.0696. The summed E-state index contributed by atoms with van der Waals surface area (Å²) in [5.41, 5.74) is 2.09. The van der Waals surface area contributed by atoms with Crippen LogP contribution in [0.5, 0.6) is 0 Å². The molecule has 0 aliphatic carbocycles. The van der Waals surface area contributed by atoms with Crippen molar-refractivity contribution in [3.05, 3.63) is 71.3 Å². The second-order valence-corrected chi connectivity index (χ2v) is 3.92. The molecule has 4 nitrogen and oxygen atoms in total. The molecule has 0 aliphatic heterocycles. The van der Waals surface area contributed by atoms with E-state index in [4.69, 9.17) is 9.94 Å². The van der Waals surface area contributed by atoms with Crippen molar-refractivity contribution in [1.29, 1.82) is 0 Å². The van der Waals surface area contributed by atoms with Crippen LogP contribution in [0.25, 0.3) is 0 Å². The van der Waals surface area contributed by atoms with E-state index in [1.807, 2.05) is 30.3 Å². The zero-order valence-corrected chi connectivity index (χ0v) is 10.2. The lowest BCUT2D eigenvalue weighted by atomic mass is 10.1. The van der Waals surface area contributed by atoms with Crippen LogP contribution in [0.4, 0.5) is 0 Å². The molecule has 0 spiro atoms. The molecule has 2 aromatic rings. The molecule has 2 rings (SSSR count). The van der Waals surface area contributed by atoms with Gasteiger partial charge in [-0.05, 0) is 23.3 Å². The van der Waals surface area contributed by atoms with Gasteiger partial charge in [0, 0.05) is 0 Å². The number of nitrogens with zero attached hydrogens (tertiary/aromatic N) is 1. The first-order chi connectivity index (χ1) is 9.25. The average Bonchev–Trinajstić information content (AvgIpc) is 2.45. The fourth-order valence-electron chi connectivity index (χ4n) is 1.49. The Morgan fingerprint density at radius 1 is 1.11 bits per heavy atom. The van der Waals surface area contributed by atoms with E-state index in [1.165, 1.54) is 0 Å². The molecule has 0 bridgehead atoms. The highest BCUT2D eigenvalue weighted by Crippen LogP contribution is 2.06. The maximum absolute atomic E-state index is 10.7. The highest BCUT2D eigenvalue weighted by Gasteiger charge is 2.01.